The molecule has 0 saturated carbocycles. The highest BCUT2D eigenvalue weighted by Gasteiger charge is 2.12. The van der Waals surface area contributed by atoms with Crippen molar-refractivity contribution in [1.82, 2.24) is 5.01 Å². The van der Waals surface area contributed by atoms with Gasteiger partial charge < -0.3 is 0 Å². The normalized spacial score (nSPS) is 9.77. The van der Waals surface area contributed by atoms with E-state index in [1.165, 1.54) is 0 Å². The minimum Gasteiger partial charge on any atom is -0.277 e. The van der Waals surface area contributed by atoms with Gasteiger partial charge in [0.05, 0.1) is 10.6 Å². The van der Waals surface area contributed by atoms with Gasteiger partial charge in [-0.3, -0.25) is 9.80 Å². The predicted octanol–water partition coefficient (Wildman–Crippen LogP) is 1.68. The van der Waals surface area contributed by atoms with Crippen LogP contribution >= 0.6 is 11.6 Å². The van der Waals surface area contributed by atoms with Crippen molar-refractivity contribution in [3.63, 3.8) is 0 Å². The Morgan fingerprint density at radius 1 is 1.54 bits per heavy atom. The monoisotopic (exact) mass is 198 g/mol. The smallest absolute Gasteiger partial charge is 0.269 e. The van der Waals surface area contributed by atoms with Crippen LogP contribution in [0.4, 0.5) is 0 Å². The average Bonchev–Trinajstić information content (AvgIpc) is 2.16. The van der Waals surface area contributed by atoms with Crippen LogP contribution in [0.3, 0.4) is 0 Å². The van der Waals surface area contributed by atoms with Crippen molar-refractivity contribution >= 4 is 17.5 Å². The Labute approximate surface area is 82.1 Å². The lowest BCUT2D eigenvalue weighted by Crippen LogP contribution is -2.37. The van der Waals surface area contributed by atoms with Crippen LogP contribution in [-0.2, 0) is 0 Å². The molecule has 3 nitrogen and oxygen atoms in total. The van der Waals surface area contributed by atoms with Crippen LogP contribution in [0.1, 0.15) is 17.3 Å². The van der Waals surface area contributed by atoms with Gasteiger partial charge in [-0.15, -0.1) is 0 Å². The molecule has 0 saturated heterocycles. The van der Waals surface area contributed by atoms with E-state index in [4.69, 9.17) is 17.4 Å². The van der Waals surface area contributed by atoms with E-state index in [0.717, 1.165) is 5.01 Å². The van der Waals surface area contributed by atoms with Crippen molar-refractivity contribution in [3.8, 4) is 0 Å². The molecule has 0 fully saturated rings. The number of carbonyl (C=O) groups excluding carboxylic acids is 1. The van der Waals surface area contributed by atoms with E-state index >= 15 is 0 Å². The summed E-state index contributed by atoms with van der Waals surface area (Å²) in [5.41, 5.74) is 0.438. The number of nitrogens with zero attached hydrogens (tertiary/aromatic N) is 1. The third-order valence-electron chi connectivity index (χ3n) is 1.71. The van der Waals surface area contributed by atoms with Gasteiger partial charge in [-0.25, -0.2) is 5.84 Å². The fourth-order valence-corrected chi connectivity index (χ4v) is 1.15. The summed E-state index contributed by atoms with van der Waals surface area (Å²) in [6.07, 6.45) is 0. The van der Waals surface area contributed by atoms with Crippen LogP contribution in [0, 0.1) is 0 Å². The molecule has 0 aliphatic rings. The molecule has 0 aromatic heterocycles. The van der Waals surface area contributed by atoms with Crippen LogP contribution in [-0.4, -0.2) is 17.5 Å². The Balaban J connectivity index is 2.95. The van der Waals surface area contributed by atoms with Gasteiger partial charge in [0.25, 0.3) is 5.91 Å². The van der Waals surface area contributed by atoms with E-state index in [0.29, 0.717) is 17.1 Å². The van der Waals surface area contributed by atoms with Crippen molar-refractivity contribution < 1.29 is 4.79 Å². The molecule has 0 aliphatic heterocycles. The Bertz CT molecular complexity index is 314. The molecular formula is C9H11ClN2O. The fourth-order valence-electron chi connectivity index (χ4n) is 0.933. The lowest BCUT2D eigenvalue weighted by Gasteiger charge is -2.14. The van der Waals surface area contributed by atoms with Crippen LogP contribution < -0.4 is 5.84 Å². The molecule has 0 unspecified atom stereocenters. The highest BCUT2D eigenvalue weighted by molar-refractivity contribution is 6.33. The summed E-state index contributed by atoms with van der Waals surface area (Å²) in [5, 5.41) is 1.55. The number of benzene rings is 1. The molecule has 2 N–H and O–H groups in total. The number of hydrogen-bond acceptors (Lipinski definition) is 2. The molecule has 0 bridgehead atoms. The molecule has 1 aromatic carbocycles. The van der Waals surface area contributed by atoms with Crippen molar-refractivity contribution in [2.24, 2.45) is 5.84 Å². The number of hydrogen-bond donors (Lipinski definition) is 1. The molecule has 70 valence electrons. The molecule has 4 heteroatoms. The lowest BCUT2D eigenvalue weighted by molar-refractivity contribution is 0.0764. The lowest BCUT2D eigenvalue weighted by atomic mass is 10.2. The summed E-state index contributed by atoms with van der Waals surface area (Å²) in [4.78, 5) is 11.5. The van der Waals surface area contributed by atoms with Crippen LogP contribution in [0.2, 0.25) is 5.02 Å². The van der Waals surface area contributed by atoms with E-state index in [1.807, 2.05) is 0 Å². The van der Waals surface area contributed by atoms with Crippen LogP contribution in [0.5, 0.6) is 0 Å². The molecule has 0 aliphatic carbocycles. The van der Waals surface area contributed by atoms with Gasteiger partial charge in [-0.1, -0.05) is 23.7 Å². The van der Waals surface area contributed by atoms with Gasteiger partial charge in [0, 0.05) is 6.54 Å². The minimum atomic E-state index is -0.256. The molecule has 1 aromatic rings. The highest BCUT2D eigenvalue weighted by atomic mass is 35.5. The van der Waals surface area contributed by atoms with Gasteiger partial charge in [-0.2, -0.15) is 0 Å². The first-order chi connectivity index (χ1) is 6.16. The Morgan fingerprint density at radius 3 is 2.69 bits per heavy atom. The third-order valence-corrected chi connectivity index (χ3v) is 2.04. The quantitative estimate of drug-likeness (QED) is 0.447. The van der Waals surface area contributed by atoms with Gasteiger partial charge in [0.2, 0.25) is 0 Å². The third kappa shape index (κ3) is 2.20. The van der Waals surface area contributed by atoms with Crippen LogP contribution in [0.25, 0.3) is 0 Å². The number of carbonyl (C=O) groups is 1. The van der Waals surface area contributed by atoms with Crippen molar-refractivity contribution in [3.05, 3.63) is 34.9 Å². The number of amides is 1. The minimum absolute atomic E-state index is 0.256. The summed E-state index contributed by atoms with van der Waals surface area (Å²) in [6, 6.07) is 6.84. The van der Waals surface area contributed by atoms with Crippen molar-refractivity contribution in [2.45, 2.75) is 6.92 Å². The van der Waals surface area contributed by atoms with E-state index in [9.17, 15) is 4.79 Å². The fraction of sp³-hybridized carbons (Fsp3) is 0.222. The maximum Gasteiger partial charge on any atom is 0.269 e. The van der Waals surface area contributed by atoms with Gasteiger partial charge in [-0.05, 0) is 19.1 Å². The summed E-state index contributed by atoms with van der Waals surface area (Å²) >= 11 is 5.82. The highest BCUT2D eigenvalue weighted by Crippen LogP contribution is 2.15. The van der Waals surface area contributed by atoms with Gasteiger partial charge in [0.1, 0.15) is 0 Å². The summed E-state index contributed by atoms with van der Waals surface area (Å²) in [7, 11) is 0. The Hall–Kier alpha value is -1.06. The first-order valence-corrected chi connectivity index (χ1v) is 4.35. The van der Waals surface area contributed by atoms with E-state index < -0.39 is 0 Å². The molecule has 1 amide bonds. The zero-order chi connectivity index (χ0) is 9.84. The van der Waals surface area contributed by atoms with Gasteiger partial charge in [0.15, 0.2) is 0 Å². The second kappa shape index (κ2) is 4.25. The van der Waals surface area contributed by atoms with Crippen molar-refractivity contribution in [1.29, 1.82) is 0 Å². The van der Waals surface area contributed by atoms with E-state index in [-0.39, 0.29) is 5.91 Å². The standard InChI is InChI=1S/C9H11ClN2O/c1-2-12(11)9(13)7-5-3-4-6-8(7)10/h3-6H,2,11H2,1H3. The average molecular weight is 199 g/mol. The predicted molar refractivity (Wildman–Crippen MR) is 52.3 cm³/mol. The molecule has 0 radical (unpaired) electrons. The largest absolute Gasteiger partial charge is 0.277 e. The second-order valence-corrected chi connectivity index (χ2v) is 2.98. The molecular weight excluding hydrogens is 188 g/mol. The first-order valence-electron chi connectivity index (χ1n) is 3.98. The molecule has 0 spiro atoms. The van der Waals surface area contributed by atoms with Crippen molar-refractivity contribution in [2.75, 3.05) is 6.54 Å². The number of hydrazine groups is 1. The maximum atomic E-state index is 11.5. The zero-order valence-corrected chi connectivity index (χ0v) is 8.08. The maximum absolute atomic E-state index is 11.5. The van der Waals surface area contributed by atoms with Crippen LogP contribution in [0.15, 0.2) is 24.3 Å². The number of rotatable bonds is 2. The Morgan fingerprint density at radius 2 is 2.15 bits per heavy atom. The molecule has 0 heterocycles. The second-order valence-electron chi connectivity index (χ2n) is 2.57. The SMILES string of the molecule is CCN(N)C(=O)c1ccccc1Cl. The molecule has 1 rings (SSSR count). The summed E-state index contributed by atoms with van der Waals surface area (Å²) in [5.74, 6) is 5.19. The van der Waals surface area contributed by atoms with Gasteiger partial charge >= 0.3 is 0 Å². The topological polar surface area (TPSA) is 46.3 Å². The molecule has 13 heavy (non-hydrogen) atoms. The summed E-state index contributed by atoms with van der Waals surface area (Å²) < 4.78 is 0. The number of halogens is 1. The number of nitrogens with two attached hydrogens (primary N) is 1. The first kappa shape index (κ1) is 10.0. The zero-order valence-electron chi connectivity index (χ0n) is 7.33. The summed E-state index contributed by atoms with van der Waals surface area (Å²) in [6.45, 7) is 2.26. The Kier molecular flexibility index (Phi) is 3.28. The van der Waals surface area contributed by atoms with E-state index in [1.54, 1.807) is 31.2 Å². The van der Waals surface area contributed by atoms with E-state index in [2.05, 4.69) is 0 Å². The molecule has 0 atom stereocenters.